The molecule has 0 radical (unpaired) electrons. The van der Waals surface area contributed by atoms with Crippen LogP contribution in [-0.4, -0.2) is 30.0 Å². The van der Waals surface area contributed by atoms with Gasteiger partial charge in [-0.2, -0.15) is 0 Å². The molecule has 0 aromatic heterocycles. The van der Waals surface area contributed by atoms with Gasteiger partial charge in [-0.1, -0.05) is 19.1 Å². The smallest absolute Gasteiger partial charge is 0.251 e. The molecule has 134 valence electrons. The Labute approximate surface area is 146 Å². The summed E-state index contributed by atoms with van der Waals surface area (Å²) < 4.78 is 0. The molecule has 1 aromatic carbocycles. The Hall–Kier alpha value is -2.04. The van der Waals surface area contributed by atoms with E-state index in [1.807, 2.05) is 38.1 Å². The second-order valence-electron chi connectivity index (χ2n) is 7.05. The highest BCUT2D eigenvalue weighted by atomic mass is 16.1. The van der Waals surface area contributed by atoms with Crippen LogP contribution in [0, 0.1) is 0 Å². The minimum atomic E-state index is -0.0565. The first-order chi connectivity index (χ1) is 11.2. The van der Waals surface area contributed by atoms with Crippen LogP contribution in [0.15, 0.2) is 29.3 Å². The molecule has 1 atom stereocenters. The Morgan fingerprint density at radius 3 is 2.54 bits per heavy atom. The van der Waals surface area contributed by atoms with Gasteiger partial charge in [0.15, 0.2) is 5.96 Å². The number of hydrogen-bond donors (Lipinski definition) is 3. The van der Waals surface area contributed by atoms with Crippen molar-refractivity contribution in [3.8, 4) is 0 Å². The van der Waals surface area contributed by atoms with E-state index < -0.39 is 0 Å². The Morgan fingerprint density at radius 2 is 1.96 bits per heavy atom. The summed E-state index contributed by atoms with van der Waals surface area (Å²) in [6, 6.07) is 7.81. The van der Waals surface area contributed by atoms with Crippen LogP contribution < -0.4 is 16.0 Å². The molecule has 24 heavy (non-hydrogen) atoms. The van der Waals surface area contributed by atoms with E-state index in [0.29, 0.717) is 12.1 Å². The highest BCUT2D eigenvalue weighted by molar-refractivity contribution is 5.94. The van der Waals surface area contributed by atoms with Gasteiger partial charge in [-0.05, 0) is 58.7 Å². The van der Waals surface area contributed by atoms with Crippen molar-refractivity contribution in [3.05, 3.63) is 35.4 Å². The van der Waals surface area contributed by atoms with Crippen LogP contribution in [0.2, 0.25) is 0 Å². The van der Waals surface area contributed by atoms with E-state index in [9.17, 15) is 4.79 Å². The van der Waals surface area contributed by atoms with Crippen molar-refractivity contribution in [2.24, 2.45) is 4.99 Å². The predicted octanol–water partition coefficient (Wildman–Crippen LogP) is 3.07. The van der Waals surface area contributed by atoms with Gasteiger partial charge in [0.2, 0.25) is 0 Å². The number of guanidine groups is 1. The molecule has 0 aliphatic heterocycles. The largest absolute Gasteiger partial charge is 0.357 e. The number of amides is 1. The molecule has 1 aromatic rings. The molecule has 3 N–H and O–H groups in total. The minimum absolute atomic E-state index is 0.0325. The average Bonchev–Trinajstić information content (AvgIpc) is 2.51. The SMILES string of the molecule is CCNC(=NCc1cccc(C(=O)NC(C)CC)c1)NC(C)(C)C. The third kappa shape index (κ3) is 7.49. The van der Waals surface area contributed by atoms with Crippen molar-refractivity contribution in [3.63, 3.8) is 0 Å². The summed E-state index contributed by atoms with van der Waals surface area (Å²) in [6.07, 6.45) is 0.917. The number of aliphatic imine (C=N–C) groups is 1. The molecule has 5 nitrogen and oxygen atoms in total. The van der Waals surface area contributed by atoms with E-state index in [-0.39, 0.29) is 17.5 Å². The highest BCUT2D eigenvalue weighted by Gasteiger charge is 2.12. The van der Waals surface area contributed by atoms with Gasteiger partial charge < -0.3 is 16.0 Å². The minimum Gasteiger partial charge on any atom is -0.357 e. The summed E-state index contributed by atoms with van der Waals surface area (Å²) in [5.41, 5.74) is 1.63. The third-order valence-corrected chi connectivity index (χ3v) is 3.44. The Kier molecular flexibility index (Phi) is 7.75. The Bertz CT molecular complexity index is 561. The molecule has 0 heterocycles. The molecular weight excluding hydrogens is 300 g/mol. The number of carbonyl (C=O) groups is 1. The molecule has 0 saturated heterocycles. The van der Waals surface area contributed by atoms with Crippen molar-refractivity contribution < 1.29 is 4.79 Å². The first-order valence-corrected chi connectivity index (χ1v) is 8.71. The van der Waals surface area contributed by atoms with Gasteiger partial charge in [-0.15, -0.1) is 0 Å². The molecule has 0 saturated carbocycles. The standard InChI is InChI=1S/C19H32N4O/c1-7-14(3)22-17(24)16-11-9-10-15(12-16)13-21-18(20-8-2)23-19(4,5)6/h9-12,14H,7-8,13H2,1-6H3,(H,22,24)(H2,20,21,23). The molecule has 1 unspecified atom stereocenters. The van der Waals surface area contributed by atoms with Gasteiger partial charge in [0.05, 0.1) is 6.54 Å². The number of nitrogens with zero attached hydrogens (tertiary/aromatic N) is 1. The number of benzene rings is 1. The zero-order valence-corrected chi connectivity index (χ0v) is 15.9. The maximum absolute atomic E-state index is 12.2. The second kappa shape index (κ2) is 9.30. The number of rotatable bonds is 6. The van der Waals surface area contributed by atoms with Crippen LogP contribution in [0.4, 0.5) is 0 Å². The summed E-state index contributed by atoms with van der Waals surface area (Å²) in [5.74, 6) is 0.745. The van der Waals surface area contributed by atoms with Crippen molar-refractivity contribution in [2.75, 3.05) is 6.54 Å². The van der Waals surface area contributed by atoms with E-state index >= 15 is 0 Å². The monoisotopic (exact) mass is 332 g/mol. The van der Waals surface area contributed by atoms with E-state index in [1.165, 1.54) is 0 Å². The molecule has 1 rings (SSSR count). The maximum Gasteiger partial charge on any atom is 0.251 e. The van der Waals surface area contributed by atoms with Crippen molar-refractivity contribution in [1.82, 2.24) is 16.0 Å². The summed E-state index contributed by atoms with van der Waals surface area (Å²) >= 11 is 0. The molecule has 0 aliphatic carbocycles. The zero-order chi connectivity index (χ0) is 18.2. The van der Waals surface area contributed by atoms with Crippen molar-refractivity contribution in [2.45, 2.75) is 66.1 Å². The van der Waals surface area contributed by atoms with Gasteiger partial charge in [0, 0.05) is 23.7 Å². The van der Waals surface area contributed by atoms with Crippen LogP contribution in [0.25, 0.3) is 0 Å². The number of nitrogens with one attached hydrogen (secondary N) is 3. The van der Waals surface area contributed by atoms with Crippen LogP contribution in [0.3, 0.4) is 0 Å². The van der Waals surface area contributed by atoms with Gasteiger partial charge in [0.1, 0.15) is 0 Å². The van der Waals surface area contributed by atoms with Crippen LogP contribution in [0.1, 0.15) is 63.9 Å². The summed E-state index contributed by atoms with van der Waals surface area (Å²) in [4.78, 5) is 16.8. The lowest BCUT2D eigenvalue weighted by Gasteiger charge is -2.23. The first kappa shape index (κ1) is 20.0. The summed E-state index contributed by atoms with van der Waals surface area (Å²) in [5, 5.41) is 9.59. The quantitative estimate of drug-likeness (QED) is 0.554. The first-order valence-electron chi connectivity index (χ1n) is 8.71. The molecule has 1 amide bonds. The van der Waals surface area contributed by atoms with Gasteiger partial charge >= 0.3 is 0 Å². The van der Waals surface area contributed by atoms with Gasteiger partial charge in [-0.25, -0.2) is 4.99 Å². The molecule has 0 bridgehead atoms. The lowest BCUT2D eigenvalue weighted by Crippen LogP contribution is -2.47. The predicted molar refractivity (Wildman–Crippen MR) is 101 cm³/mol. The van der Waals surface area contributed by atoms with Crippen molar-refractivity contribution >= 4 is 11.9 Å². The number of hydrogen-bond acceptors (Lipinski definition) is 2. The molecule has 0 aliphatic rings. The topological polar surface area (TPSA) is 65.5 Å². The normalized spacial score (nSPS) is 13.3. The lowest BCUT2D eigenvalue weighted by atomic mass is 10.1. The van der Waals surface area contributed by atoms with Gasteiger partial charge in [-0.3, -0.25) is 4.79 Å². The fourth-order valence-corrected chi connectivity index (χ4v) is 2.05. The fraction of sp³-hybridized carbons (Fsp3) is 0.579. The second-order valence-corrected chi connectivity index (χ2v) is 7.05. The molecule has 0 spiro atoms. The molecule has 5 heteroatoms. The molecule has 0 fully saturated rings. The summed E-state index contributed by atoms with van der Waals surface area (Å²) in [6.45, 7) is 13.7. The fourth-order valence-electron chi connectivity index (χ4n) is 2.05. The van der Waals surface area contributed by atoms with Crippen molar-refractivity contribution in [1.29, 1.82) is 0 Å². The van der Waals surface area contributed by atoms with E-state index in [0.717, 1.165) is 24.5 Å². The van der Waals surface area contributed by atoms with E-state index in [1.54, 1.807) is 0 Å². The van der Waals surface area contributed by atoms with E-state index in [4.69, 9.17) is 0 Å². The highest BCUT2D eigenvalue weighted by Crippen LogP contribution is 2.08. The van der Waals surface area contributed by atoms with Gasteiger partial charge in [0.25, 0.3) is 5.91 Å². The average molecular weight is 332 g/mol. The van der Waals surface area contributed by atoms with Crippen LogP contribution >= 0.6 is 0 Å². The summed E-state index contributed by atoms with van der Waals surface area (Å²) in [7, 11) is 0. The van der Waals surface area contributed by atoms with Crippen LogP contribution in [0.5, 0.6) is 0 Å². The maximum atomic E-state index is 12.2. The third-order valence-electron chi connectivity index (χ3n) is 3.44. The Balaban J connectivity index is 2.81. The number of carbonyl (C=O) groups excluding carboxylic acids is 1. The van der Waals surface area contributed by atoms with Crippen LogP contribution in [-0.2, 0) is 6.54 Å². The van der Waals surface area contributed by atoms with E-state index in [2.05, 4.69) is 48.6 Å². The Morgan fingerprint density at radius 1 is 1.25 bits per heavy atom. The molecular formula is C19H32N4O. The lowest BCUT2D eigenvalue weighted by molar-refractivity contribution is 0.0939. The zero-order valence-electron chi connectivity index (χ0n) is 15.9.